The van der Waals surface area contributed by atoms with Crippen molar-refractivity contribution in [3.63, 3.8) is 0 Å². The predicted molar refractivity (Wildman–Crippen MR) is 84.7 cm³/mol. The number of rotatable bonds is 5. The second kappa shape index (κ2) is 6.24. The topological polar surface area (TPSA) is 58.2 Å². The molecule has 0 bridgehead atoms. The highest BCUT2D eigenvalue weighted by atomic mass is 35.5. The van der Waals surface area contributed by atoms with E-state index in [1.807, 2.05) is 13.8 Å². The molecule has 1 aromatic carbocycles. The highest BCUT2D eigenvalue weighted by Crippen LogP contribution is 2.47. The molecule has 0 heterocycles. The third-order valence-corrected chi connectivity index (χ3v) is 4.34. The number of anilines is 1. The number of hydrogen-bond donors (Lipinski definition) is 2. The van der Waals surface area contributed by atoms with E-state index in [4.69, 9.17) is 23.2 Å². The van der Waals surface area contributed by atoms with Gasteiger partial charge in [-0.2, -0.15) is 0 Å². The minimum Gasteiger partial charge on any atom is -0.353 e. The SMILES string of the molecule is CCC(C)NC(=O)C1(C(=O)Nc2ccc(Cl)cc2Cl)CC1. The summed E-state index contributed by atoms with van der Waals surface area (Å²) in [5, 5.41) is 6.44. The summed E-state index contributed by atoms with van der Waals surface area (Å²) in [5.74, 6) is -0.521. The second-order valence-electron chi connectivity index (χ2n) is 5.44. The molecule has 2 rings (SSSR count). The van der Waals surface area contributed by atoms with Gasteiger partial charge in [-0.15, -0.1) is 0 Å². The van der Waals surface area contributed by atoms with Crippen LogP contribution in [0.1, 0.15) is 33.1 Å². The van der Waals surface area contributed by atoms with E-state index in [9.17, 15) is 9.59 Å². The Morgan fingerprint density at radius 3 is 2.48 bits per heavy atom. The number of benzene rings is 1. The molecule has 0 aromatic heterocycles. The summed E-state index contributed by atoms with van der Waals surface area (Å²) >= 11 is 11.8. The number of hydrogen-bond acceptors (Lipinski definition) is 2. The van der Waals surface area contributed by atoms with Gasteiger partial charge >= 0.3 is 0 Å². The number of carbonyl (C=O) groups is 2. The van der Waals surface area contributed by atoms with E-state index < -0.39 is 5.41 Å². The highest BCUT2D eigenvalue weighted by molar-refractivity contribution is 6.36. The van der Waals surface area contributed by atoms with Crippen LogP contribution in [0.15, 0.2) is 18.2 Å². The monoisotopic (exact) mass is 328 g/mol. The molecule has 2 amide bonds. The molecule has 6 heteroatoms. The molecule has 2 N–H and O–H groups in total. The molecule has 0 aliphatic heterocycles. The average Bonchev–Trinajstić information content (AvgIpc) is 3.23. The first-order chi connectivity index (χ1) is 9.89. The van der Waals surface area contributed by atoms with Gasteiger partial charge in [0.15, 0.2) is 0 Å². The Morgan fingerprint density at radius 1 is 1.29 bits per heavy atom. The maximum Gasteiger partial charge on any atom is 0.240 e. The van der Waals surface area contributed by atoms with Crippen LogP contribution < -0.4 is 10.6 Å². The van der Waals surface area contributed by atoms with Crippen molar-refractivity contribution in [2.45, 2.75) is 39.2 Å². The normalized spacial score (nSPS) is 17.0. The Balaban J connectivity index is 2.07. The van der Waals surface area contributed by atoms with Crippen LogP contribution in [0.25, 0.3) is 0 Å². The van der Waals surface area contributed by atoms with E-state index in [0.717, 1.165) is 6.42 Å². The Bertz CT molecular complexity index is 571. The standard InChI is InChI=1S/C15H18Cl2N2O2/c1-3-9(2)18-13(20)15(6-7-15)14(21)19-12-5-4-10(16)8-11(12)17/h4-5,8-9H,3,6-7H2,1-2H3,(H,18,20)(H,19,21). The number of halogens is 2. The van der Waals surface area contributed by atoms with Crippen molar-refractivity contribution in [1.29, 1.82) is 0 Å². The maximum atomic E-state index is 12.4. The van der Waals surface area contributed by atoms with Gasteiger partial charge in [-0.3, -0.25) is 9.59 Å². The Labute approximate surface area is 134 Å². The minimum absolute atomic E-state index is 0.0573. The summed E-state index contributed by atoms with van der Waals surface area (Å²) in [6.45, 7) is 3.90. The summed E-state index contributed by atoms with van der Waals surface area (Å²) < 4.78 is 0. The molecule has 21 heavy (non-hydrogen) atoms. The van der Waals surface area contributed by atoms with E-state index in [1.165, 1.54) is 0 Å². The molecule has 0 saturated heterocycles. The summed E-state index contributed by atoms with van der Waals surface area (Å²) in [7, 11) is 0. The molecule has 1 aliphatic rings. The van der Waals surface area contributed by atoms with Gasteiger partial charge in [0.05, 0.1) is 10.7 Å². The summed E-state index contributed by atoms with van der Waals surface area (Å²) in [4.78, 5) is 24.6. The van der Waals surface area contributed by atoms with Crippen LogP contribution in [0.3, 0.4) is 0 Å². The van der Waals surface area contributed by atoms with Crippen LogP contribution in [0.5, 0.6) is 0 Å². The van der Waals surface area contributed by atoms with Crippen molar-refractivity contribution < 1.29 is 9.59 Å². The zero-order valence-electron chi connectivity index (χ0n) is 12.0. The van der Waals surface area contributed by atoms with Crippen molar-refractivity contribution in [3.05, 3.63) is 28.2 Å². The van der Waals surface area contributed by atoms with Crippen LogP contribution in [-0.2, 0) is 9.59 Å². The van der Waals surface area contributed by atoms with E-state index in [1.54, 1.807) is 18.2 Å². The van der Waals surface area contributed by atoms with Gasteiger partial charge in [-0.1, -0.05) is 30.1 Å². The molecule has 1 aliphatic carbocycles. The number of amides is 2. The molecule has 4 nitrogen and oxygen atoms in total. The van der Waals surface area contributed by atoms with E-state index in [2.05, 4.69) is 10.6 Å². The summed E-state index contributed by atoms with van der Waals surface area (Å²) in [5.41, 5.74) is -0.486. The van der Waals surface area contributed by atoms with Crippen LogP contribution in [-0.4, -0.2) is 17.9 Å². The van der Waals surface area contributed by atoms with Gasteiger partial charge in [0, 0.05) is 11.1 Å². The zero-order chi connectivity index (χ0) is 15.6. The first-order valence-corrected chi connectivity index (χ1v) is 7.72. The number of nitrogens with one attached hydrogen (secondary N) is 2. The van der Waals surface area contributed by atoms with Crippen molar-refractivity contribution in [2.75, 3.05) is 5.32 Å². The van der Waals surface area contributed by atoms with Crippen LogP contribution in [0.4, 0.5) is 5.69 Å². The third kappa shape index (κ3) is 3.50. The number of carbonyl (C=O) groups excluding carboxylic acids is 2. The molecule has 1 saturated carbocycles. The fourth-order valence-corrected chi connectivity index (χ4v) is 2.43. The summed E-state index contributed by atoms with van der Waals surface area (Å²) in [6, 6.07) is 4.88. The summed E-state index contributed by atoms with van der Waals surface area (Å²) in [6.07, 6.45) is 1.95. The fourth-order valence-electron chi connectivity index (χ4n) is 1.98. The smallest absolute Gasteiger partial charge is 0.240 e. The molecule has 114 valence electrons. The lowest BCUT2D eigenvalue weighted by molar-refractivity contribution is -0.134. The van der Waals surface area contributed by atoms with E-state index in [-0.39, 0.29) is 17.9 Å². The van der Waals surface area contributed by atoms with Crippen molar-refractivity contribution >= 4 is 40.7 Å². The average molecular weight is 329 g/mol. The van der Waals surface area contributed by atoms with Crippen LogP contribution in [0.2, 0.25) is 10.0 Å². The molecule has 1 fully saturated rings. The minimum atomic E-state index is -0.952. The maximum absolute atomic E-state index is 12.4. The zero-order valence-corrected chi connectivity index (χ0v) is 13.5. The van der Waals surface area contributed by atoms with Crippen LogP contribution >= 0.6 is 23.2 Å². The van der Waals surface area contributed by atoms with Gasteiger partial charge in [0.1, 0.15) is 5.41 Å². The van der Waals surface area contributed by atoms with Gasteiger partial charge < -0.3 is 10.6 Å². The van der Waals surface area contributed by atoms with Gasteiger partial charge in [0.25, 0.3) is 0 Å². The van der Waals surface area contributed by atoms with Crippen molar-refractivity contribution in [1.82, 2.24) is 5.32 Å². The lowest BCUT2D eigenvalue weighted by atomic mass is 10.0. The first-order valence-electron chi connectivity index (χ1n) is 6.96. The second-order valence-corrected chi connectivity index (χ2v) is 6.29. The fraction of sp³-hybridized carbons (Fsp3) is 0.467. The molecule has 0 spiro atoms. The largest absolute Gasteiger partial charge is 0.353 e. The van der Waals surface area contributed by atoms with Crippen molar-refractivity contribution in [2.24, 2.45) is 5.41 Å². The van der Waals surface area contributed by atoms with Gasteiger partial charge in [-0.25, -0.2) is 0 Å². The third-order valence-electron chi connectivity index (χ3n) is 3.79. The molecular formula is C15H18Cl2N2O2. The lowest BCUT2D eigenvalue weighted by Crippen LogP contribution is -2.43. The Hall–Kier alpha value is -1.26. The molecule has 1 unspecified atom stereocenters. The molecular weight excluding hydrogens is 311 g/mol. The molecule has 0 radical (unpaired) electrons. The van der Waals surface area contributed by atoms with E-state index in [0.29, 0.717) is 28.6 Å². The Morgan fingerprint density at radius 2 is 1.95 bits per heavy atom. The van der Waals surface area contributed by atoms with Gasteiger partial charge in [-0.05, 0) is 44.4 Å². The predicted octanol–water partition coefficient (Wildman–Crippen LogP) is 3.63. The molecule has 1 atom stereocenters. The molecule has 1 aromatic rings. The van der Waals surface area contributed by atoms with Gasteiger partial charge in [0.2, 0.25) is 11.8 Å². The highest BCUT2D eigenvalue weighted by Gasteiger charge is 2.56. The quantitative estimate of drug-likeness (QED) is 0.811. The Kier molecular flexibility index (Phi) is 4.79. The first kappa shape index (κ1) is 16.1. The van der Waals surface area contributed by atoms with Crippen molar-refractivity contribution in [3.8, 4) is 0 Å². The van der Waals surface area contributed by atoms with E-state index >= 15 is 0 Å². The lowest BCUT2D eigenvalue weighted by Gasteiger charge is -2.18. The van der Waals surface area contributed by atoms with Crippen LogP contribution in [0, 0.1) is 5.41 Å².